The van der Waals surface area contributed by atoms with Crippen LogP contribution in [0.3, 0.4) is 0 Å². The van der Waals surface area contributed by atoms with Crippen molar-refractivity contribution in [2.75, 3.05) is 19.5 Å². The van der Waals surface area contributed by atoms with E-state index in [1.54, 1.807) is 38.5 Å². The number of methoxy groups -OCH3 is 2. The molecule has 0 aliphatic heterocycles. The van der Waals surface area contributed by atoms with E-state index in [4.69, 9.17) is 21.7 Å². The zero-order valence-electron chi connectivity index (χ0n) is 13.2. The van der Waals surface area contributed by atoms with Gasteiger partial charge in [0, 0.05) is 11.8 Å². The van der Waals surface area contributed by atoms with Crippen LogP contribution in [-0.2, 0) is 0 Å². The number of nitrogens with one attached hydrogen (secondary N) is 2. The van der Waals surface area contributed by atoms with Crippen LogP contribution in [0.4, 0.5) is 10.1 Å². The van der Waals surface area contributed by atoms with E-state index in [0.717, 1.165) is 11.3 Å². The van der Waals surface area contributed by atoms with Gasteiger partial charge < -0.3 is 20.1 Å². The summed E-state index contributed by atoms with van der Waals surface area (Å²) in [6.07, 6.45) is 0. The quantitative estimate of drug-likeness (QED) is 0.812. The van der Waals surface area contributed by atoms with Crippen molar-refractivity contribution in [1.29, 1.82) is 0 Å². The number of ether oxygens (including phenoxy) is 2. The van der Waals surface area contributed by atoms with Crippen molar-refractivity contribution >= 4 is 23.0 Å². The van der Waals surface area contributed by atoms with Crippen LogP contribution in [0.2, 0.25) is 0 Å². The molecule has 23 heavy (non-hydrogen) atoms. The molecule has 0 amide bonds. The van der Waals surface area contributed by atoms with Crippen LogP contribution in [-0.4, -0.2) is 19.3 Å². The molecular weight excluding hydrogens is 315 g/mol. The molecule has 0 fully saturated rings. The first-order valence-corrected chi connectivity index (χ1v) is 7.49. The van der Waals surface area contributed by atoms with Gasteiger partial charge in [-0.1, -0.05) is 12.1 Å². The average Bonchev–Trinajstić information content (AvgIpc) is 2.55. The Labute approximate surface area is 140 Å². The molecular formula is C17H19FN2O2S. The van der Waals surface area contributed by atoms with E-state index in [1.807, 2.05) is 13.0 Å². The van der Waals surface area contributed by atoms with E-state index in [2.05, 4.69) is 10.6 Å². The molecule has 0 aromatic heterocycles. The highest BCUT2D eigenvalue weighted by atomic mass is 32.1. The molecule has 122 valence electrons. The van der Waals surface area contributed by atoms with Gasteiger partial charge in [0.1, 0.15) is 5.82 Å². The van der Waals surface area contributed by atoms with Gasteiger partial charge in [-0.05, 0) is 49.0 Å². The number of halogens is 1. The average molecular weight is 334 g/mol. The third kappa shape index (κ3) is 4.56. The molecule has 1 atom stereocenters. The highest BCUT2D eigenvalue weighted by Gasteiger charge is 2.09. The Morgan fingerprint density at radius 1 is 1.04 bits per heavy atom. The standard InChI is InChI=1S/C17H19FN2O2S/c1-11(12-4-6-13(18)7-5-12)19-17(23)20-14-8-9-15(21-2)16(10-14)22-3/h4-11H,1-3H3,(H2,19,20,23). The predicted molar refractivity (Wildman–Crippen MR) is 93.7 cm³/mol. The molecule has 6 heteroatoms. The molecule has 4 nitrogen and oxygen atoms in total. The number of rotatable bonds is 5. The normalized spacial score (nSPS) is 11.5. The zero-order valence-corrected chi connectivity index (χ0v) is 14.0. The van der Waals surface area contributed by atoms with Gasteiger partial charge in [-0.25, -0.2) is 4.39 Å². The summed E-state index contributed by atoms with van der Waals surface area (Å²) in [5.41, 5.74) is 1.73. The summed E-state index contributed by atoms with van der Waals surface area (Å²) in [5.74, 6) is 1.01. The van der Waals surface area contributed by atoms with Crippen LogP contribution in [0.25, 0.3) is 0 Å². The summed E-state index contributed by atoms with van der Waals surface area (Å²) in [6, 6.07) is 11.7. The SMILES string of the molecule is COc1ccc(NC(=S)NC(C)c2ccc(F)cc2)cc1OC. The number of hydrogen-bond acceptors (Lipinski definition) is 3. The lowest BCUT2D eigenvalue weighted by Gasteiger charge is -2.18. The number of hydrogen-bond donors (Lipinski definition) is 2. The summed E-state index contributed by atoms with van der Waals surface area (Å²) in [6.45, 7) is 1.95. The second-order valence-electron chi connectivity index (χ2n) is 4.94. The topological polar surface area (TPSA) is 42.5 Å². The third-order valence-corrected chi connectivity index (χ3v) is 3.58. The lowest BCUT2D eigenvalue weighted by Crippen LogP contribution is -2.30. The van der Waals surface area contributed by atoms with Crippen LogP contribution in [0.1, 0.15) is 18.5 Å². The molecule has 2 aromatic carbocycles. The first-order chi connectivity index (χ1) is 11.0. The number of anilines is 1. The predicted octanol–water partition coefficient (Wildman–Crippen LogP) is 3.89. The number of benzene rings is 2. The van der Waals surface area contributed by atoms with Crippen molar-refractivity contribution in [2.24, 2.45) is 0 Å². The van der Waals surface area contributed by atoms with Gasteiger partial charge >= 0.3 is 0 Å². The highest BCUT2D eigenvalue weighted by Crippen LogP contribution is 2.29. The minimum absolute atomic E-state index is 0.0456. The van der Waals surface area contributed by atoms with Crippen molar-refractivity contribution in [3.05, 3.63) is 53.8 Å². The van der Waals surface area contributed by atoms with Gasteiger partial charge in [0.25, 0.3) is 0 Å². The third-order valence-electron chi connectivity index (χ3n) is 3.36. The molecule has 0 aliphatic rings. The van der Waals surface area contributed by atoms with E-state index in [1.165, 1.54) is 12.1 Å². The van der Waals surface area contributed by atoms with Crippen molar-refractivity contribution in [2.45, 2.75) is 13.0 Å². The maximum atomic E-state index is 13.0. The van der Waals surface area contributed by atoms with Crippen LogP contribution >= 0.6 is 12.2 Å². The maximum absolute atomic E-state index is 13.0. The van der Waals surface area contributed by atoms with Gasteiger partial charge in [-0.2, -0.15) is 0 Å². The fraction of sp³-hybridized carbons (Fsp3) is 0.235. The Morgan fingerprint density at radius 3 is 2.30 bits per heavy atom. The fourth-order valence-electron chi connectivity index (χ4n) is 2.11. The van der Waals surface area contributed by atoms with Gasteiger partial charge in [-0.15, -0.1) is 0 Å². The monoisotopic (exact) mass is 334 g/mol. The Hall–Kier alpha value is -2.34. The van der Waals surface area contributed by atoms with E-state index < -0.39 is 0 Å². The van der Waals surface area contributed by atoms with E-state index in [9.17, 15) is 4.39 Å². The Morgan fingerprint density at radius 2 is 1.70 bits per heavy atom. The second-order valence-corrected chi connectivity index (χ2v) is 5.35. The molecule has 0 saturated heterocycles. The molecule has 0 radical (unpaired) electrons. The zero-order chi connectivity index (χ0) is 16.8. The van der Waals surface area contributed by atoms with E-state index in [-0.39, 0.29) is 11.9 Å². The highest BCUT2D eigenvalue weighted by molar-refractivity contribution is 7.80. The number of thiocarbonyl (C=S) groups is 1. The minimum Gasteiger partial charge on any atom is -0.493 e. The van der Waals surface area contributed by atoms with Crippen LogP contribution in [0.5, 0.6) is 11.5 Å². The first-order valence-electron chi connectivity index (χ1n) is 7.08. The Balaban J connectivity index is 2.00. The molecule has 0 spiro atoms. The van der Waals surface area contributed by atoms with Crippen molar-refractivity contribution < 1.29 is 13.9 Å². The molecule has 0 heterocycles. The molecule has 1 unspecified atom stereocenters. The Kier molecular flexibility index (Phi) is 5.76. The first kappa shape index (κ1) is 17.0. The van der Waals surface area contributed by atoms with Crippen LogP contribution in [0, 0.1) is 5.82 Å². The molecule has 0 bridgehead atoms. The minimum atomic E-state index is -0.257. The largest absolute Gasteiger partial charge is 0.493 e. The van der Waals surface area contributed by atoms with Gasteiger partial charge in [-0.3, -0.25) is 0 Å². The lowest BCUT2D eigenvalue weighted by atomic mass is 10.1. The van der Waals surface area contributed by atoms with Gasteiger partial charge in [0.05, 0.1) is 20.3 Å². The van der Waals surface area contributed by atoms with Crippen LogP contribution < -0.4 is 20.1 Å². The fourth-order valence-corrected chi connectivity index (χ4v) is 2.41. The van der Waals surface area contributed by atoms with Crippen LogP contribution in [0.15, 0.2) is 42.5 Å². The summed E-state index contributed by atoms with van der Waals surface area (Å²) < 4.78 is 23.4. The molecule has 0 aliphatic carbocycles. The second kappa shape index (κ2) is 7.78. The molecule has 2 rings (SSSR count). The van der Waals surface area contributed by atoms with Gasteiger partial charge in [0.15, 0.2) is 16.6 Å². The lowest BCUT2D eigenvalue weighted by molar-refractivity contribution is 0.355. The molecule has 2 aromatic rings. The molecule has 2 N–H and O–H groups in total. The van der Waals surface area contributed by atoms with Crippen molar-refractivity contribution in [3.63, 3.8) is 0 Å². The van der Waals surface area contributed by atoms with E-state index in [0.29, 0.717) is 16.6 Å². The Bertz CT molecular complexity index is 677. The smallest absolute Gasteiger partial charge is 0.171 e. The summed E-state index contributed by atoms with van der Waals surface area (Å²) in [7, 11) is 3.16. The molecule has 0 saturated carbocycles. The summed E-state index contributed by atoms with van der Waals surface area (Å²) in [5, 5.41) is 6.71. The summed E-state index contributed by atoms with van der Waals surface area (Å²) in [4.78, 5) is 0. The van der Waals surface area contributed by atoms with E-state index >= 15 is 0 Å². The van der Waals surface area contributed by atoms with Gasteiger partial charge in [0.2, 0.25) is 0 Å². The maximum Gasteiger partial charge on any atom is 0.171 e. The van der Waals surface area contributed by atoms with Crippen molar-refractivity contribution in [3.8, 4) is 11.5 Å². The summed E-state index contributed by atoms with van der Waals surface area (Å²) >= 11 is 5.31. The van der Waals surface area contributed by atoms with Crippen molar-refractivity contribution in [1.82, 2.24) is 5.32 Å².